The van der Waals surface area contributed by atoms with Gasteiger partial charge in [0, 0.05) is 12.8 Å². The monoisotopic (exact) mass is 412 g/mol. The Kier molecular flexibility index (Phi) is 6.91. The highest BCUT2D eigenvalue weighted by Gasteiger charge is 2.22. The molecule has 29 heavy (non-hydrogen) atoms. The van der Waals surface area contributed by atoms with Gasteiger partial charge in [0.2, 0.25) is 15.0 Å². The molecule has 1 atom stereocenters. The Hall–Kier alpha value is -2.82. The van der Waals surface area contributed by atoms with Gasteiger partial charge in [0.05, 0.1) is 18.2 Å². The molecule has 0 saturated carbocycles. The number of aromatic nitrogens is 2. The molecule has 0 amide bonds. The van der Waals surface area contributed by atoms with Gasteiger partial charge in [-0.3, -0.25) is 0 Å². The Bertz CT molecular complexity index is 1050. The highest BCUT2D eigenvalue weighted by Crippen LogP contribution is 2.13. The van der Waals surface area contributed by atoms with E-state index in [1.54, 1.807) is 12.5 Å². The predicted molar refractivity (Wildman–Crippen MR) is 111 cm³/mol. The minimum absolute atomic E-state index is 0.110. The minimum atomic E-state index is -3.42. The van der Waals surface area contributed by atoms with E-state index in [0.717, 1.165) is 29.2 Å². The van der Waals surface area contributed by atoms with Crippen molar-refractivity contribution in [2.75, 3.05) is 12.8 Å². The number of furan rings is 1. The molecule has 1 N–H and O–H groups in total. The molecule has 3 rings (SSSR count). The van der Waals surface area contributed by atoms with Gasteiger partial charge in [0.15, 0.2) is 5.76 Å². The van der Waals surface area contributed by atoms with E-state index in [0.29, 0.717) is 26.2 Å². The summed E-state index contributed by atoms with van der Waals surface area (Å²) in [5, 5.41) is 0.110. The molecule has 0 spiro atoms. The molecular weight excluding hydrogens is 386 g/mol. The summed E-state index contributed by atoms with van der Waals surface area (Å²) in [5.41, 5.74) is 2.09. The summed E-state index contributed by atoms with van der Waals surface area (Å²) >= 11 is 0. The normalized spacial score (nSPS) is 12.6. The molecule has 1 unspecified atom stereocenters. The Morgan fingerprint density at radius 3 is 2.62 bits per heavy atom. The maximum Gasteiger partial charge on any atom is 0.227 e. The maximum atomic E-state index is 12.2. The fourth-order valence-corrected chi connectivity index (χ4v) is 4.25. The number of hydrogen-bond donors (Lipinski definition) is 1. The van der Waals surface area contributed by atoms with E-state index in [1.165, 1.54) is 11.8 Å². The standard InChI is InChI=1S/C22H25N3O3S/c1-3-13-24(18-21-12-8-15-28-21)17-20-16-23-22(29(2,26)27)25(20)14-7-11-19-9-5-4-6-10-19/h1,4-6,8-10,12,15-16H,7,11,13-14,17-18H2,2H3/p+1. The number of terminal acetylenes is 1. The van der Waals surface area contributed by atoms with E-state index >= 15 is 0 Å². The lowest BCUT2D eigenvalue weighted by Crippen LogP contribution is -3.09. The number of quaternary nitrogens is 1. The van der Waals surface area contributed by atoms with Gasteiger partial charge >= 0.3 is 0 Å². The Morgan fingerprint density at radius 2 is 1.97 bits per heavy atom. The molecule has 0 fully saturated rings. The molecule has 2 aromatic heterocycles. The number of nitrogens with one attached hydrogen (secondary N) is 1. The first-order valence-electron chi connectivity index (χ1n) is 9.55. The zero-order chi connectivity index (χ0) is 20.7. The molecular formula is C22H26N3O3S+. The van der Waals surface area contributed by atoms with Crippen LogP contribution >= 0.6 is 0 Å². The quantitative estimate of drug-likeness (QED) is 0.515. The van der Waals surface area contributed by atoms with E-state index < -0.39 is 9.84 Å². The van der Waals surface area contributed by atoms with Crippen molar-refractivity contribution in [1.29, 1.82) is 0 Å². The molecule has 0 aliphatic rings. The molecule has 7 heteroatoms. The topological polar surface area (TPSA) is 69.5 Å². The number of sulfone groups is 1. The number of rotatable bonds is 10. The SMILES string of the molecule is C#CC[NH+](Cc1ccco1)Cc1cnc(S(C)(=O)=O)n1CCCc1ccccc1. The summed E-state index contributed by atoms with van der Waals surface area (Å²) in [7, 11) is -3.42. The molecule has 0 aliphatic carbocycles. The van der Waals surface area contributed by atoms with Crippen LogP contribution in [0.5, 0.6) is 0 Å². The van der Waals surface area contributed by atoms with Crippen LogP contribution in [0.3, 0.4) is 0 Å². The predicted octanol–water partition coefficient (Wildman–Crippen LogP) is 1.73. The Labute approximate surface area is 172 Å². The molecule has 0 radical (unpaired) electrons. The fourth-order valence-electron chi connectivity index (χ4n) is 3.40. The number of aryl methyl sites for hydroxylation is 1. The third kappa shape index (κ3) is 5.83. The Balaban J connectivity index is 1.78. The maximum absolute atomic E-state index is 12.2. The van der Waals surface area contributed by atoms with Crippen molar-refractivity contribution >= 4 is 9.84 Å². The van der Waals surface area contributed by atoms with Gasteiger partial charge < -0.3 is 13.9 Å². The zero-order valence-electron chi connectivity index (χ0n) is 16.5. The van der Waals surface area contributed by atoms with Gasteiger partial charge in [-0.25, -0.2) is 13.4 Å². The van der Waals surface area contributed by atoms with Crippen LogP contribution in [0, 0.1) is 12.3 Å². The molecule has 3 aromatic rings. The largest absolute Gasteiger partial charge is 0.463 e. The summed E-state index contributed by atoms with van der Waals surface area (Å²) < 4.78 is 31.7. The summed E-state index contributed by atoms with van der Waals surface area (Å²) in [6.45, 7) is 2.28. The molecule has 0 saturated heterocycles. The number of imidazole rings is 1. The van der Waals surface area contributed by atoms with E-state index in [4.69, 9.17) is 10.8 Å². The third-order valence-electron chi connectivity index (χ3n) is 4.71. The number of nitrogens with zero attached hydrogens (tertiary/aromatic N) is 2. The second-order valence-corrected chi connectivity index (χ2v) is 9.02. The van der Waals surface area contributed by atoms with Gasteiger partial charge in [-0.05, 0) is 36.5 Å². The first kappa shape index (κ1) is 20.9. The van der Waals surface area contributed by atoms with E-state index in [1.807, 2.05) is 34.9 Å². The van der Waals surface area contributed by atoms with Crippen molar-refractivity contribution in [3.63, 3.8) is 0 Å². The lowest BCUT2D eigenvalue weighted by molar-refractivity contribution is -0.921. The summed E-state index contributed by atoms with van der Waals surface area (Å²) in [6, 6.07) is 13.9. The summed E-state index contributed by atoms with van der Waals surface area (Å²) in [6.07, 6.45) is 11.7. The second-order valence-electron chi connectivity index (χ2n) is 7.11. The van der Waals surface area contributed by atoms with Crippen molar-refractivity contribution in [1.82, 2.24) is 9.55 Å². The van der Waals surface area contributed by atoms with Gasteiger partial charge in [-0.2, -0.15) is 0 Å². The van der Waals surface area contributed by atoms with Crippen molar-refractivity contribution in [2.45, 2.75) is 37.6 Å². The van der Waals surface area contributed by atoms with Crippen molar-refractivity contribution in [3.8, 4) is 12.3 Å². The fraction of sp³-hybridized carbons (Fsp3) is 0.318. The van der Waals surface area contributed by atoms with Crippen LogP contribution < -0.4 is 4.90 Å². The van der Waals surface area contributed by atoms with Gasteiger partial charge in [0.25, 0.3) is 0 Å². The van der Waals surface area contributed by atoms with Crippen LogP contribution in [0.4, 0.5) is 0 Å². The van der Waals surface area contributed by atoms with E-state index in [-0.39, 0.29) is 5.16 Å². The van der Waals surface area contributed by atoms with Crippen molar-refractivity contribution < 1.29 is 17.7 Å². The Morgan fingerprint density at radius 1 is 1.17 bits per heavy atom. The zero-order valence-corrected chi connectivity index (χ0v) is 17.4. The van der Waals surface area contributed by atoms with Crippen molar-refractivity contribution in [2.24, 2.45) is 0 Å². The van der Waals surface area contributed by atoms with Crippen LogP contribution in [-0.4, -0.2) is 30.8 Å². The van der Waals surface area contributed by atoms with Gasteiger partial charge in [-0.15, -0.1) is 6.42 Å². The second kappa shape index (κ2) is 9.59. The number of hydrogen-bond acceptors (Lipinski definition) is 4. The highest BCUT2D eigenvalue weighted by atomic mass is 32.2. The average Bonchev–Trinajstić information content (AvgIpc) is 3.33. The first-order chi connectivity index (χ1) is 14.0. The van der Waals surface area contributed by atoms with Crippen LogP contribution in [0.15, 0.2) is 64.5 Å². The number of benzene rings is 1. The molecule has 6 nitrogen and oxygen atoms in total. The third-order valence-corrected chi connectivity index (χ3v) is 5.70. The smallest absolute Gasteiger partial charge is 0.227 e. The summed E-state index contributed by atoms with van der Waals surface area (Å²) in [5.74, 6) is 3.54. The molecule has 0 bridgehead atoms. The van der Waals surface area contributed by atoms with Crippen molar-refractivity contribution in [3.05, 3.63) is 71.9 Å². The molecule has 0 aliphatic heterocycles. The highest BCUT2D eigenvalue weighted by molar-refractivity contribution is 7.90. The van der Waals surface area contributed by atoms with Crippen LogP contribution in [-0.2, 0) is 35.9 Å². The average molecular weight is 413 g/mol. The van der Waals surface area contributed by atoms with Crippen LogP contribution in [0.25, 0.3) is 0 Å². The van der Waals surface area contributed by atoms with Crippen LogP contribution in [0.2, 0.25) is 0 Å². The lowest BCUT2D eigenvalue weighted by Gasteiger charge is -2.17. The van der Waals surface area contributed by atoms with Gasteiger partial charge in [-0.1, -0.05) is 30.3 Å². The molecule has 2 heterocycles. The molecule has 1 aromatic carbocycles. The first-order valence-corrected chi connectivity index (χ1v) is 11.4. The van der Waals surface area contributed by atoms with E-state index in [9.17, 15) is 8.42 Å². The lowest BCUT2D eigenvalue weighted by atomic mass is 10.1. The van der Waals surface area contributed by atoms with Crippen LogP contribution in [0.1, 0.15) is 23.4 Å². The van der Waals surface area contributed by atoms with Gasteiger partial charge in [0.1, 0.15) is 19.6 Å². The minimum Gasteiger partial charge on any atom is -0.463 e. The summed E-state index contributed by atoms with van der Waals surface area (Å²) in [4.78, 5) is 5.30. The molecule has 152 valence electrons. The van der Waals surface area contributed by atoms with E-state index in [2.05, 4.69) is 23.0 Å².